The van der Waals surface area contributed by atoms with Gasteiger partial charge in [0.25, 0.3) is 0 Å². The molecule has 3 aromatic rings. The Labute approximate surface area is 180 Å². The second kappa shape index (κ2) is 7.57. The topological polar surface area (TPSA) is 80.0 Å². The molecule has 0 amide bonds. The molecule has 3 aliphatic rings. The Morgan fingerprint density at radius 2 is 1.93 bits per heavy atom. The number of nitrogens with zero attached hydrogens (tertiary/aromatic N) is 6. The number of aliphatic hydroxyl groups excluding tert-OH is 1. The van der Waals surface area contributed by atoms with Gasteiger partial charge in [-0.25, -0.2) is 14.6 Å². The van der Waals surface area contributed by atoms with Gasteiger partial charge in [-0.15, -0.1) is 16.4 Å². The van der Waals surface area contributed by atoms with E-state index in [1.165, 1.54) is 25.7 Å². The smallest absolute Gasteiger partial charge is 0.140 e. The molecule has 0 spiro atoms. The molecular weight excluding hydrogens is 396 g/mol. The van der Waals surface area contributed by atoms with E-state index in [1.54, 1.807) is 17.7 Å². The van der Waals surface area contributed by atoms with Crippen LogP contribution in [0.5, 0.6) is 0 Å². The summed E-state index contributed by atoms with van der Waals surface area (Å²) in [4.78, 5) is 12.4. The zero-order valence-electron chi connectivity index (χ0n) is 17.1. The van der Waals surface area contributed by atoms with Crippen molar-refractivity contribution in [3.8, 4) is 0 Å². The second-order valence-electron chi connectivity index (χ2n) is 9.41. The van der Waals surface area contributed by atoms with Gasteiger partial charge in [0.2, 0.25) is 0 Å². The van der Waals surface area contributed by atoms with E-state index < -0.39 is 0 Å². The van der Waals surface area contributed by atoms with Crippen molar-refractivity contribution in [1.29, 1.82) is 0 Å². The van der Waals surface area contributed by atoms with Crippen molar-refractivity contribution in [3.05, 3.63) is 29.7 Å². The minimum atomic E-state index is -0.362. The summed E-state index contributed by atoms with van der Waals surface area (Å²) in [5, 5.41) is 23.0. The van der Waals surface area contributed by atoms with E-state index in [2.05, 4.69) is 42.8 Å². The van der Waals surface area contributed by atoms with Crippen molar-refractivity contribution in [1.82, 2.24) is 25.0 Å². The summed E-state index contributed by atoms with van der Waals surface area (Å²) in [5.41, 5.74) is 1.09. The van der Waals surface area contributed by atoms with Crippen LogP contribution in [0.15, 0.2) is 24.0 Å². The SMILES string of the molecule is O[C@@H]1C[C@H]2CN(c3ncnc4sccc34)C[C@H]2C[C@H]1n1cc(CC2CCCC2)nn1. The molecule has 0 bridgehead atoms. The first kappa shape index (κ1) is 18.7. The Bertz CT molecular complexity index is 1030. The number of rotatable bonds is 4. The van der Waals surface area contributed by atoms with Gasteiger partial charge in [-0.05, 0) is 48.5 Å². The third kappa shape index (κ3) is 3.30. The third-order valence-corrected chi connectivity index (χ3v) is 8.34. The molecule has 0 unspecified atom stereocenters. The Balaban J connectivity index is 1.18. The van der Waals surface area contributed by atoms with E-state index in [0.29, 0.717) is 11.8 Å². The Hall–Kier alpha value is -2.06. The standard InChI is InChI=1S/C22H28N6OS/c29-20-9-16-11-27(21-18-5-6-30-22(18)24-13-23-21)10-15(16)8-19(20)28-12-17(25-26-28)7-14-3-1-2-4-14/h5-6,12-16,19-20,29H,1-4,7-11H2/t15-,16+,19-,20-/m1/s1. The van der Waals surface area contributed by atoms with Crippen molar-refractivity contribution in [3.63, 3.8) is 0 Å². The molecule has 3 aromatic heterocycles. The van der Waals surface area contributed by atoms with E-state index in [0.717, 1.165) is 60.0 Å². The molecule has 2 saturated carbocycles. The maximum Gasteiger partial charge on any atom is 0.140 e. The van der Waals surface area contributed by atoms with Crippen LogP contribution in [0.1, 0.15) is 50.3 Å². The Morgan fingerprint density at radius 1 is 1.10 bits per heavy atom. The number of thiophene rings is 1. The van der Waals surface area contributed by atoms with Crippen molar-refractivity contribution in [2.24, 2.45) is 17.8 Å². The summed E-state index contributed by atoms with van der Waals surface area (Å²) in [5.74, 6) is 2.85. The Morgan fingerprint density at radius 3 is 2.80 bits per heavy atom. The number of fused-ring (bicyclic) bond motifs is 2. The molecule has 0 aromatic carbocycles. The summed E-state index contributed by atoms with van der Waals surface area (Å²) in [6.07, 6.45) is 11.6. The predicted octanol–water partition coefficient (Wildman–Crippen LogP) is 3.46. The number of aromatic nitrogens is 5. The van der Waals surface area contributed by atoms with Gasteiger partial charge in [0.05, 0.1) is 23.2 Å². The lowest BCUT2D eigenvalue weighted by Crippen LogP contribution is -2.36. The highest BCUT2D eigenvalue weighted by Crippen LogP contribution is 2.43. The minimum Gasteiger partial charge on any atom is -0.391 e. The molecule has 7 nitrogen and oxygen atoms in total. The molecule has 0 radical (unpaired) electrons. The fraction of sp³-hybridized carbons (Fsp3) is 0.636. The van der Waals surface area contributed by atoms with Crippen molar-refractivity contribution in [2.75, 3.05) is 18.0 Å². The molecule has 30 heavy (non-hydrogen) atoms. The number of hydrogen-bond acceptors (Lipinski definition) is 7. The summed E-state index contributed by atoms with van der Waals surface area (Å²) in [6.45, 7) is 1.94. The van der Waals surface area contributed by atoms with Crippen LogP contribution in [0.2, 0.25) is 0 Å². The largest absolute Gasteiger partial charge is 0.391 e. The number of aliphatic hydroxyl groups is 1. The van der Waals surface area contributed by atoms with Gasteiger partial charge in [0, 0.05) is 19.3 Å². The highest BCUT2D eigenvalue weighted by molar-refractivity contribution is 7.16. The molecule has 8 heteroatoms. The number of anilines is 1. The predicted molar refractivity (Wildman–Crippen MR) is 117 cm³/mol. The maximum atomic E-state index is 10.9. The van der Waals surface area contributed by atoms with E-state index in [9.17, 15) is 5.11 Å². The third-order valence-electron chi connectivity index (χ3n) is 7.52. The first-order chi connectivity index (χ1) is 14.7. The second-order valence-corrected chi connectivity index (χ2v) is 10.3. The number of hydrogen-bond donors (Lipinski definition) is 1. The normalized spacial score (nSPS) is 29.7. The summed E-state index contributed by atoms with van der Waals surface area (Å²) < 4.78 is 1.95. The fourth-order valence-corrected chi connectivity index (χ4v) is 6.70. The van der Waals surface area contributed by atoms with Crippen LogP contribution >= 0.6 is 11.3 Å². The minimum absolute atomic E-state index is 0.0302. The molecule has 158 valence electrons. The summed E-state index contributed by atoms with van der Waals surface area (Å²) in [7, 11) is 0. The monoisotopic (exact) mass is 424 g/mol. The average Bonchev–Trinajstić information content (AvgIpc) is 3.53. The van der Waals surface area contributed by atoms with E-state index in [1.807, 2.05) is 4.68 Å². The molecule has 3 fully saturated rings. The lowest BCUT2D eigenvalue weighted by atomic mass is 9.77. The Kier molecular flexibility index (Phi) is 4.71. The van der Waals surface area contributed by atoms with Crippen LogP contribution in [-0.4, -0.2) is 49.3 Å². The van der Waals surface area contributed by atoms with Crippen molar-refractivity contribution in [2.45, 2.75) is 57.1 Å². The van der Waals surface area contributed by atoms with Crippen molar-refractivity contribution < 1.29 is 5.11 Å². The lowest BCUT2D eigenvalue weighted by molar-refractivity contribution is 0.0298. The van der Waals surface area contributed by atoms with Crippen LogP contribution in [0.3, 0.4) is 0 Å². The molecule has 4 heterocycles. The molecular formula is C22H28N6OS. The first-order valence-electron chi connectivity index (χ1n) is 11.3. The first-order valence-corrected chi connectivity index (χ1v) is 12.1. The summed E-state index contributed by atoms with van der Waals surface area (Å²) >= 11 is 1.66. The van der Waals surface area contributed by atoms with E-state index in [4.69, 9.17) is 0 Å². The maximum absolute atomic E-state index is 10.9. The zero-order chi connectivity index (χ0) is 20.1. The van der Waals surface area contributed by atoms with Crippen LogP contribution in [-0.2, 0) is 6.42 Å². The highest BCUT2D eigenvalue weighted by Gasteiger charge is 2.43. The van der Waals surface area contributed by atoms with Crippen LogP contribution in [0, 0.1) is 17.8 Å². The van der Waals surface area contributed by atoms with Gasteiger partial charge >= 0.3 is 0 Å². The van der Waals surface area contributed by atoms with Gasteiger partial charge in [-0.1, -0.05) is 30.9 Å². The lowest BCUT2D eigenvalue weighted by Gasteiger charge is -2.34. The van der Waals surface area contributed by atoms with Gasteiger partial charge in [-0.3, -0.25) is 0 Å². The molecule has 1 N–H and O–H groups in total. The van der Waals surface area contributed by atoms with Crippen LogP contribution in [0.4, 0.5) is 5.82 Å². The molecule has 4 atom stereocenters. The van der Waals surface area contributed by atoms with Crippen LogP contribution < -0.4 is 4.90 Å². The van der Waals surface area contributed by atoms with Gasteiger partial charge in [0.1, 0.15) is 17.0 Å². The summed E-state index contributed by atoms with van der Waals surface area (Å²) in [6, 6.07) is 2.15. The van der Waals surface area contributed by atoms with Gasteiger partial charge < -0.3 is 10.0 Å². The van der Waals surface area contributed by atoms with Crippen LogP contribution in [0.25, 0.3) is 10.2 Å². The van der Waals surface area contributed by atoms with Gasteiger partial charge in [-0.2, -0.15) is 0 Å². The molecule has 1 aliphatic heterocycles. The van der Waals surface area contributed by atoms with Gasteiger partial charge in [0.15, 0.2) is 0 Å². The molecule has 1 saturated heterocycles. The highest BCUT2D eigenvalue weighted by atomic mass is 32.1. The quantitative estimate of drug-likeness (QED) is 0.691. The zero-order valence-corrected chi connectivity index (χ0v) is 17.9. The fourth-order valence-electron chi connectivity index (χ4n) is 5.97. The van der Waals surface area contributed by atoms with E-state index >= 15 is 0 Å². The average molecular weight is 425 g/mol. The molecule has 2 aliphatic carbocycles. The van der Waals surface area contributed by atoms with Crippen molar-refractivity contribution >= 4 is 27.4 Å². The van der Waals surface area contributed by atoms with E-state index in [-0.39, 0.29) is 12.1 Å². The molecule has 6 rings (SSSR count).